The second-order valence-electron chi connectivity index (χ2n) is 5.66. The molecule has 7 nitrogen and oxygen atoms in total. The third-order valence-electron chi connectivity index (χ3n) is 3.55. The lowest BCUT2D eigenvalue weighted by Crippen LogP contribution is -2.26. The predicted octanol–water partition coefficient (Wildman–Crippen LogP) is 3.54. The molecule has 2 amide bonds. The summed E-state index contributed by atoms with van der Waals surface area (Å²) in [5.41, 5.74) is 0.935. The topological polar surface area (TPSA) is 95.3 Å². The van der Waals surface area contributed by atoms with Gasteiger partial charge in [0.2, 0.25) is 5.91 Å². The number of halogens is 1. The maximum atomic E-state index is 12.1. The molecule has 1 heterocycles. The highest BCUT2D eigenvalue weighted by Gasteiger charge is 2.18. The summed E-state index contributed by atoms with van der Waals surface area (Å²) in [7, 11) is 1.58. The summed E-state index contributed by atoms with van der Waals surface area (Å²) < 4.78 is 4.91. The zero-order valence-corrected chi connectivity index (χ0v) is 17.0. The maximum absolute atomic E-state index is 12.1. The minimum Gasteiger partial charge on any atom is -0.385 e. The number of amides is 2. The van der Waals surface area contributed by atoms with Crippen molar-refractivity contribution in [3.8, 4) is 6.07 Å². The molecule has 1 N–H and O–H groups in total. The number of hydrogen-bond donors (Lipinski definition) is 1. The van der Waals surface area contributed by atoms with Crippen LogP contribution < -0.4 is 10.2 Å². The van der Waals surface area contributed by atoms with Crippen molar-refractivity contribution < 1.29 is 14.3 Å². The summed E-state index contributed by atoms with van der Waals surface area (Å²) in [6.45, 7) is 2.35. The van der Waals surface area contributed by atoms with Crippen molar-refractivity contribution in [3.05, 3.63) is 45.9 Å². The number of hydrogen-bond acceptors (Lipinski definition) is 6. The molecule has 0 aliphatic heterocycles. The van der Waals surface area contributed by atoms with Gasteiger partial charge in [0.1, 0.15) is 11.6 Å². The first kappa shape index (κ1) is 21.6. The third-order valence-corrected chi connectivity index (χ3v) is 4.63. The van der Waals surface area contributed by atoms with Crippen LogP contribution in [0.4, 0.5) is 10.8 Å². The normalized spacial score (nSPS) is 11.0. The quantitative estimate of drug-likeness (QED) is 0.402. The van der Waals surface area contributed by atoms with Gasteiger partial charge in [-0.15, -0.1) is 11.3 Å². The van der Waals surface area contributed by atoms with Crippen LogP contribution >= 0.6 is 22.9 Å². The van der Waals surface area contributed by atoms with E-state index in [9.17, 15) is 14.9 Å². The molecule has 0 bridgehead atoms. The van der Waals surface area contributed by atoms with Crippen LogP contribution in [0.15, 0.2) is 35.2 Å². The van der Waals surface area contributed by atoms with Crippen molar-refractivity contribution >= 4 is 51.6 Å². The summed E-state index contributed by atoms with van der Waals surface area (Å²) in [5, 5.41) is 14.5. The molecule has 0 aliphatic carbocycles. The minimum absolute atomic E-state index is 0.0635. The number of benzene rings is 1. The molecule has 0 unspecified atom stereocenters. The SMILES string of the molecule is COCCCNC(=O)/C(C#N)=C/c1csc(N(C(C)=O)c2cccc(Cl)c2)n1. The van der Waals surface area contributed by atoms with E-state index in [-0.39, 0.29) is 11.5 Å². The van der Waals surface area contributed by atoms with Gasteiger partial charge in [0, 0.05) is 37.6 Å². The van der Waals surface area contributed by atoms with Gasteiger partial charge < -0.3 is 10.1 Å². The summed E-state index contributed by atoms with van der Waals surface area (Å²) >= 11 is 7.24. The Hall–Kier alpha value is -2.73. The fourth-order valence-electron chi connectivity index (χ4n) is 2.30. The second-order valence-corrected chi connectivity index (χ2v) is 6.93. The zero-order chi connectivity index (χ0) is 20.5. The highest BCUT2D eigenvalue weighted by Crippen LogP contribution is 2.30. The Kier molecular flexibility index (Phi) is 8.14. The number of carbonyl (C=O) groups excluding carboxylic acids is 2. The van der Waals surface area contributed by atoms with Gasteiger partial charge in [-0.1, -0.05) is 17.7 Å². The number of nitrogens with one attached hydrogen (secondary N) is 1. The molecule has 0 radical (unpaired) electrons. The fourth-order valence-corrected chi connectivity index (χ4v) is 3.33. The first-order valence-corrected chi connectivity index (χ1v) is 9.62. The molecule has 28 heavy (non-hydrogen) atoms. The lowest BCUT2D eigenvalue weighted by atomic mass is 10.2. The highest BCUT2D eigenvalue weighted by molar-refractivity contribution is 7.14. The number of rotatable bonds is 8. The molecular formula is C19H19ClN4O3S. The zero-order valence-electron chi connectivity index (χ0n) is 15.4. The van der Waals surface area contributed by atoms with Crippen LogP contribution in [0.25, 0.3) is 6.08 Å². The van der Waals surface area contributed by atoms with Crippen LogP contribution in [0.2, 0.25) is 5.02 Å². The maximum Gasteiger partial charge on any atom is 0.262 e. The molecule has 1 aromatic heterocycles. The van der Waals surface area contributed by atoms with E-state index in [1.165, 1.54) is 29.2 Å². The Bertz CT molecular complexity index is 920. The minimum atomic E-state index is -0.480. The van der Waals surface area contributed by atoms with E-state index in [0.29, 0.717) is 41.1 Å². The van der Waals surface area contributed by atoms with Gasteiger partial charge in [0.15, 0.2) is 5.13 Å². The van der Waals surface area contributed by atoms with E-state index < -0.39 is 5.91 Å². The molecule has 2 aromatic rings. The Balaban J connectivity index is 2.20. The highest BCUT2D eigenvalue weighted by atomic mass is 35.5. The van der Waals surface area contributed by atoms with Crippen LogP contribution in [-0.4, -0.2) is 37.1 Å². The number of methoxy groups -OCH3 is 1. The van der Waals surface area contributed by atoms with Gasteiger partial charge in [-0.2, -0.15) is 5.26 Å². The molecule has 0 saturated carbocycles. The van der Waals surface area contributed by atoms with Gasteiger partial charge in [-0.05, 0) is 30.7 Å². The van der Waals surface area contributed by atoms with Crippen molar-refractivity contribution in [3.63, 3.8) is 0 Å². The molecule has 0 spiro atoms. The Labute approximate surface area is 172 Å². The molecule has 146 valence electrons. The number of nitrogens with zero attached hydrogens (tertiary/aromatic N) is 3. The molecular weight excluding hydrogens is 400 g/mol. The first-order valence-electron chi connectivity index (χ1n) is 8.37. The third kappa shape index (κ3) is 5.89. The number of thiazole rings is 1. The van der Waals surface area contributed by atoms with Gasteiger partial charge >= 0.3 is 0 Å². The lowest BCUT2D eigenvalue weighted by Gasteiger charge is -2.18. The van der Waals surface area contributed by atoms with E-state index in [1.54, 1.807) is 36.8 Å². The average Bonchev–Trinajstić information content (AvgIpc) is 3.11. The number of ether oxygens (including phenoxy) is 1. The molecule has 0 aliphatic rings. The molecule has 0 atom stereocenters. The monoisotopic (exact) mass is 418 g/mol. The van der Waals surface area contributed by atoms with E-state index in [1.807, 2.05) is 6.07 Å². The van der Waals surface area contributed by atoms with Crippen LogP contribution in [0, 0.1) is 11.3 Å². The number of anilines is 2. The molecule has 9 heteroatoms. The average molecular weight is 419 g/mol. The number of nitriles is 1. The molecule has 0 fully saturated rings. The summed E-state index contributed by atoms with van der Waals surface area (Å²) in [5.74, 6) is -0.713. The number of carbonyl (C=O) groups is 2. The van der Waals surface area contributed by atoms with Gasteiger partial charge in [-0.25, -0.2) is 4.98 Å². The molecule has 1 aromatic carbocycles. The van der Waals surface area contributed by atoms with Crippen molar-refractivity contribution in [1.29, 1.82) is 5.26 Å². The van der Waals surface area contributed by atoms with Gasteiger partial charge in [0.25, 0.3) is 5.91 Å². The largest absolute Gasteiger partial charge is 0.385 e. The predicted molar refractivity (Wildman–Crippen MR) is 109 cm³/mol. The van der Waals surface area contributed by atoms with Crippen molar-refractivity contribution in [1.82, 2.24) is 10.3 Å². The first-order chi connectivity index (χ1) is 13.5. The standard InChI is InChI=1S/C19H19ClN4O3S/c1-13(25)24(17-6-3-5-15(20)10-17)19-23-16(12-28-19)9-14(11-21)18(26)22-7-4-8-27-2/h3,5-6,9-10,12H,4,7-8H2,1-2H3,(H,22,26)/b14-9+. The summed E-state index contributed by atoms with van der Waals surface area (Å²) in [4.78, 5) is 30.0. The van der Waals surface area contributed by atoms with Crippen molar-refractivity contribution in [2.75, 3.05) is 25.2 Å². The van der Waals surface area contributed by atoms with Gasteiger partial charge in [-0.3, -0.25) is 14.5 Å². The van der Waals surface area contributed by atoms with Crippen LogP contribution in [0.3, 0.4) is 0 Å². The van der Waals surface area contributed by atoms with Crippen LogP contribution in [0.1, 0.15) is 19.0 Å². The Morgan fingerprint density at radius 1 is 1.46 bits per heavy atom. The fraction of sp³-hybridized carbons (Fsp3) is 0.263. The van der Waals surface area contributed by atoms with E-state index in [2.05, 4.69) is 10.3 Å². The van der Waals surface area contributed by atoms with Crippen LogP contribution in [0.5, 0.6) is 0 Å². The summed E-state index contributed by atoms with van der Waals surface area (Å²) in [6, 6.07) is 8.74. The lowest BCUT2D eigenvalue weighted by molar-refractivity contribution is -0.117. The second kappa shape index (κ2) is 10.6. The van der Waals surface area contributed by atoms with Crippen LogP contribution in [-0.2, 0) is 14.3 Å². The van der Waals surface area contributed by atoms with E-state index >= 15 is 0 Å². The molecule has 0 saturated heterocycles. The summed E-state index contributed by atoms with van der Waals surface area (Å²) in [6.07, 6.45) is 2.04. The smallest absolute Gasteiger partial charge is 0.262 e. The van der Waals surface area contributed by atoms with E-state index in [0.717, 1.165) is 0 Å². The Morgan fingerprint density at radius 3 is 2.89 bits per heavy atom. The number of aromatic nitrogens is 1. The van der Waals surface area contributed by atoms with Crippen molar-refractivity contribution in [2.24, 2.45) is 0 Å². The van der Waals surface area contributed by atoms with E-state index in [4.69, 9.17) is 16.3 Å². The van der Waals surface area contributed by atoms with Crippen molar-refractivity contribution in [2.45, 2.75) is 13.3 Å². The Morgan fingerprint density at radius 2 is 2.25 bits per heavy atom. The molecule has 2 rings (SSSR count). The van der Waals surface area contributed by atoms with Gasteiger partial charge in [0.05, 0.1) is 11.4 Å².